The summed E-state index contributed by atoms with van der Waals surface area (Å²) in [5, 5.41) is 3.19. The van der Waals surface area contributed by atoms with Crippen molar-refractivity contribution in [1.82, 2.24) is 10.2 Å². The van der Waals surface area contributed by atoms with Crippen molar-refractivity contribution in [2.24, 2.45) is 0 Å². The SMILES string of the molecule is CC[C@H](C(=O)NC1CCCC1)N(Cc1cccc(OC)c1)C(=O)CSCc1ccccc1. The zero-order valence-electron chi connectivity index (χ0n) is 19.1. The number of nitrogens with zero attached hydrogens (tertiary/aromatic N) is 1. The lowest BCUT2D eigenvalue weighted by molar-refractivity contribution is -0.139. The Labute approximate surface area is 195 Å². The summed E-state index contributed by atoms with van der Waals surface area (Å²) in [4.78, 5) is 28.2. The van der Waals surface area contributed by atoms with E-state index in [9.17, 15) is 9.59 Å². The van der Waals surface area contributed by atoms with Crippen molar-refractivity contribution in [2.75, 3.05) is 12.9 Å². The van der Waals surface area contributed by atoms with Crippen molar-refractivity contribution in [1.29, 1.82) is 0 Å². The molecule has 0 heterocycles. The molecule has 0 aliphatic heterocycles. The molecule has 3 rings (SSSR count). The van der Waals surface area contributed by atoms with E-state index in [0.29, 0.717) is 18.7 Å². The van der Waals surface area contributed by atoms with E-state index < -0.39 is 6.04 Å². The number of ether oxygens (including phenoxy) is 1. The van der Waals surface area contributed by atoms with E-state index >= 15 is 0 Å². The van der Waals surface area contributed by atoms with Gasteiger partial charge in [0.2, 0.25) is 11.8 Å². The smallest absolute Gasteiger partial charge is 0.243 e. The lowest BCUT2D eigenvalue weighted by atomic mass is 10.1. The van der Waals surface area contributed by atoms with Crippen LogP contribution >= 0.6 is 11.8 Å². The number of carbonyl (C=O) groups excluding carboxylic acids is 2. The molecule has 1 fully saturated rings. The van der Waals surface area contributed by atoms with E-state index in [0.717, 1.165) is 42.7 Å². The highest BCUT2D eigenvalue weighted by Gasteiger charge is 2.30. The summed E-state index contributed by atoms with van der Waals surface area (Å²) >= 11 is 1.59. The number of rotatable bonds is 11. The third kappa shape index (κ3) is 7.02. The molecule has 1 aliphatic carbocycles. The minimum Gasteiger partial charge on any atom is -0.497 e. The van der Waals surface area contributed by atoms with Crippen molar-refractivity contribution in [3.63, 3.8) is 0 Å². The van der Waals surface area contributed by atoms with Gasteiger partial charge in [0.25, 0.3) is 0 Å². The Morgan fingerprint density at radius 3 is 2.50 bits per heavy atom. The number of hydrogen-bond donors (Lipinski definition) is 1. The molecule has 6 heteroatoms. The second-order valence-corrected chi connectivity index (χ2v) is 9.25. The van der Waals surface area contributed by atoms with Gasteiger partial charge in [-0.15, -0.1) is 11.8 Å². The van der Waals surface area contributed by atoms with Crippen LogP contribution in [0.15, 0.2) is 54.6 Å². The first kappa shape index (κ1) is 24.2. The Hall–Kier alpha value is -2.47. The number of hydrogen-bond acceptors (Lipinski definition) is 4. The number of methoxy groups -OCH3 is 1. The number of benzene rings is 2. The van der Waals surface area contributed by atoms with Crippen molar-refractivity contribution in [2.45, 2.75) is 63.4 Å². The van der Waals surface area contributed by atoms with Crippen molar-refractivity contribution >= 4 is 23.6 Å². The van der Waals surface area contributed by atoms with Crippen LogP contribution in [-0.2, 0) is 21.9 Å². The molecule has 32 heavy (non-hydrogen) atoms. The second-order valence-electron chi connectivity index (χ2n) is 8.27. The summed E-state index contributed by atoms with van der Waals surface area (Å²) in [6.07, 6.45) is 4.95. The molecular weight excluding hydrogens is 420 g/mol. The average molecular weight is 455 g/mol. The quantitative estimate of drug-likeness (QED) is 0.530. The topological polar surface area (TPSA) is 58.6 Å². The molecule has 2 amide bonds. The molecule has 0 radical (unpaired) electrons. The minimum absolute atomic E-state index is 0.0119. The van der Waals surface area contributed by atoms with Crippen LogP contribution in [0.2, 0.25) is 0 Å². The summed E-state index contributed by atoms with van der Waals surface area (Å²) in [7, 11) is 1.63. The van der Waals surface area contributed by atoms with Crippen LogP contribution in [0.1, 0.15) is 50.2 Å². The summed E-state index contributed by atoms with van der Waals surface area (Å²) in [5.41, 5.74) is 2.15. The van der Waals surface area contributed by atoms with Gasteiger partial charge < -0.3 is 15.0 Å². The first-order chi connectivity index (χ1) is 15.6. The predicted octanol–water partition coefficient (Wildman–Crippen LogP) is 4.79. The van der Waals surface area contributed by atoms with Crippen molar-refractivity contribution < 1.29 is 14.3 Å². The summed E-state index contributed by atoms with van der Waals surface area (Å²) in [6, 6.07) is 17.6. The van der Waals surface area contributed by atoms with Gasteiger partial charge in [-0.3, -0.25) is 9.59 Å². The number of thioether (sulfide) groups is 1. The van der Waals surface area contributed by atoms with E-state index in [1.54, 1.807) is 23.8 Å². The van der Waals surface area contributed by atoms with Gasteiger partial charge in [-0.25, -0.2) is 0 Å². The highest BCUT2D eigenvalue weighted by molar-refractivity contribution is 7.99. The Morgan fingerprint density at radius 2 is 1.81 bits per heavy atom. The van der Waals surface area contributed by atoms with Gasteiger partial charge in [0, 0.05) is 18.3 Å². The molecule has 172 valence electrons. The van der Waals surface area contributed by atoms with Crippen LogP contribution in [0.5, 0.6) is 5.75 Å². The molecule has 0 spiro atoms. The lowest BCUT2D eigenvalue weighted by Crippen LogP contribution is -2.51. The molecule has 5 nitrogen and oxygen atoms in total. The monoisotopic (exact) mass is 454 g/mol. The van der Waals surface area contributed by atoms with Gasteiger partial charge in [0.1, 0.15) is 11.8 Å². The summed E-state index contributed by atoms with van der Waals surface area (Å²) < 4.78 is 5.35. The molecular formula is C26H34N2O3S. The molecule has 1 atom stereocenters. The Bertz CT molecular complexity index is 868. The maximum Gasteiger partial charge on any atom is 0.243 e. The highest BCUT2D eigenvalue weighted by atomic mass is 32.2. The molecule has 1 saturated carbocycles. The third-order valence-electron chi connectivity index (χ3n) is 5.91. The third-order valence-corrected chi connectivity index (χ3v) is 6.90. The highest BCUT2D eigenvalue weighted by Crippen LogP contribution is 2.21. The fourth-order valence-corrected chi connectivity index (χ4v) is 5.04. The maximum atomic E-state index is 13.3. The molecule has 1 N–H and O–H groups in total. The van der Waals surface area contributed by atoms with E-state index in [2.05, 4.69) is 17.4 Å². The standard InChI is InChI=1S/C26H34N2O3S/c1-3-24(26(30)27-22-13-7-8-14-22)28(17-21-12-9-15-23(16-21)31-2)25(29)19-32-18-20-10-5-4-6-11-20/h4-6,9-12,15-16,22,24H,3,7-8,13-14,17-19H2,1-2H3,(H,27,30)/t24-/m1/s1. The molecule has 2 aromatic carbocycles. The number of amides is 2. The molecule has 0 aromatic heterocycles. The minimum atomic E-state index is -0.480. The van der Waals surface area contributed by atoms with Crippen molar-refractivity contribution in [3.05, 3.63) is 65.7 Å². The Balaban J connectivity index is 1.71. The van der Waals surface area contributed by atoms with Crippen LogP contribution in [0, 0.1) is 0 Å². The average Bonchev–Trinajstić information content (AvgIpc) is 3.32. The predicted molar refractivity (Wildman–Crippen MR) is 131 cm³/mol. The van der Waals surface area contributed by atoms with Gasteiger partial charge in [0.05, 0.1) is 12.9 Å². The normalized spacial score (nSPS) is 14.7. The van der Waals surface area contributed by atoms with Gasteiger partial charge in [0.15, 0.2) is 0 Å². The first-order valence-corrected chi connectivity index (χ1v) is 12.6. The molecule has 1 aliphatic rings. The largest absolute Gasteiger partial charge is 0.497 e. The molecule has 0 saturated heterocycles. The molecule has 0 unspecified atom stereocenters. The fraction of sp³-hybridized carbons (Fsp3) is 0.462. The second kappa shape index (κ2) is 12.5. The van der Waals surface area contributed by atoms with E-state index in [-0.39, 0.29) is 17.9 Å². The number of nitrogens with one attached hydrogen (secondary N) is 1. The molecule has 2 aromatic rings. The van der Waals surface area contributed by atoms with Gasteiger partial charge in [-0.2, -0.15) is 0 Å². The van der Waals surface area contributed by atoms with E-state index in [1.165, 1.54) is 5.56 Å². The van der Waals surface area contributed by atoms with Gasteiger partial charge >= 0.3 is 0 Å². The Kier molecular flexibility index (Phi) is 9.47. The maximum absolute atomic E-state index is 13.3. The van der Waals surface area contributed by atoms with Gasteiger partial charge in [-0.05, 0) is 42.5 Å². The van der Waals surface area contributed by atoms with Crippen LogP contribution in [0.25, 0.3) is 0 Å². The first-order valence-electron chi connectivity index (χ1n) is 11.4. The van der Waals surface area contributed by atoms with Crippen LogP contribution in [-0.4, -0.2) is 41.7 Å². The fourth-order valence-electron chi connectivity index (χ4n) is 4.17. The Morgan fingerprint density at radius 1 is 1.09 bits per heavy atom. The van der Waals surface area contributed by atoms with Crippen molar-refractivity contribution in [3.8, 4) is 5.75 Å². The van der Waals surface area contributed by atoms with E-state index in [1.807, 2.05) is 49.4 Å². The van der Waals surface area contributed by atoms with Gasteiger partial charge in [-0.1, -0.05) is 62.2 Å². The van der Waals surface area contributed by atoms with E-state index in [4.69, 9.17) is 4.74 Å². The van der Waals surface area contributed by atoms with Crippen LogP contribution < -0.4 is 10.1 Å². The summed E-state index contributed by atoms with van der Waals surface area (Å²) in [5.74, 6) is 1.80. The zero-order chi connectivity index (χ0) is 22.8. The summed E-state index contributed by atoms with van der Waals surface area (Å²) in [6.45, 7) is 2.36. The lowest BCUT2D eigenvalue weighted by Gasteiger charge is -2.31. The van der Waals surface area contributed by atoms with Crippen LogP contribution in [0.3, 0.4) is 0 Å². The van der Waals surface area contributed by atoms with Crippen LogP contribution in [0.4, 0.5) is 0 Å². The zero-order valence-corrected chi connectivity index (χ0v) is 19.9. The molecule has 0 bridgehead atoms. The number of carbonyl (C=O) groups is 2.